The van der Waals surface area contributed by atoms with E-state index in [1.165, 1.54) is 77.0 Å². The second-order valence-corrected chi connectivity index (χ2v) is 11.6. The Morgan fingerprint density at radius 3 is 0.842 bits per heavy atom. The summed E-state index contributed by atoms with van der Waals surface area (Å²) in [5.74, 6) is 0. The van der Waals surface area contributed by atoms with Crippen molar-refractivity contribution >= 4 is 21.5 Å². The molecule has 0 N–H and O–H groups in total. The number of hydrogen-bond donors (Lipinski definition) is 0. The van der Waals surface area contributed by atoms with Gasteiger partial charge >= 0.3 is 0 Å². The van der Waals surface area contributed by atoms with Gasteiger partial charge in [-0.25, -0.2) is 0 Å². The highest BCUT2D eigenvalue weighted by molar-refractivity contribution is 6.05. The molecule has 0 aliphatic carbocycles. The van der Waals surface area contributed by atoms with E-state index < -0.39 is 0 Å². The van der Waals surface area contributed by atoms with Crippen LogP contribution in [0.4, 0.5) is 0 Å². The molecule has 3 rings (SSSR count). The van der Waals surface area contributed by atoms with Crippen molar-refractivity contribution in [3.8, 4) is 0 Å². The van der Waals surface area contributed by atoms with Crippen LogP contribution in [0.3, 0.4) is 0 Å². The van der Waals surface area contributed by atoms with Crippen molar-refractivity contribution in [2.75, 3.05) is 0 Å². The van der Waals surface area contributed by atoms with Crippen molar-refractivity contribution in [2.45, 2.75) is 158 Å². The maximum Gasteiger partial charge on any atom is -0.0140 e. The van der Waals surface area contributed by atoms with Gasteiger partial charge in [0.1, 0.15) is 0 Å². The molecule has 0 spiro atoms. The zero-order chi connectivity index (χ0) is 27.7. The van der Waals surface area contributed by atoms with Crippen LogP contribution >= 0.6 is 0 Å². The van der Waals surface area contributed by atoms with Crippen LogP contribution in [0.1, 0.15) is 151 Å². The first kappa shape index (κ1) is 30.7. The summed E-state index contributed by atoms with van der Waals surface area (Å²) >= 11 is 0. The predicted octanol–water partition coefficient (Wildman–Crippen LogP) is 11.6. The lowest BCUT2D eigenvalue weighted by atomic mass is 9.78. The van der Waals surface area contributed by atoms with E-state index in [0.29, 0.717) is 0 Å². The Morgan fingerprint density at radius 2 is 0.579 bits per heavy atom. The van der Waals surface area contributed by atoms with E-state index in [2.05, 4.69) is 67.5 Å². The first-order chi connectivity index (χ1) is 18.6. The Bertz CT molecular complexity index is 1100. The van der Waals surface area contributed by atoms with Gasteiger partial charge in [0, 0.05) is 0 Å². The van der Waals surface area contributed by atoms with Crippen molar-refractivity contribution in [3.63, 3.8) is 0 Å². The zero-order valence-electron chi connectivity index (χ0n) is 26.5. The normalized spacial score (nSPS) is 11.8. The molecular formula is C38H58. The molecule has 3 aromatic rings. The molecule has 0 aliphatic rings. The number of unbranched alkanes of at least 4 members (excludes halogenated alkanes) is 4. The van der Waals surface area contributed by atoms with Crippen LogP contribution in [-0.2, 0) is 51.4 Å². The summed E-state index contributed by atoms with van der Waals surface area (Å²) < 4.78 is 0. The number of benzene rings is 3. The Labute approximate surface area is 236 Å². The molecule has 0 saturated heterocycles. The molecule has 3 aromatic carbocycles. The summed E-state index contributed by atoms with van der Waals surface area (Å²) in [6, 6.07) is 5.39. The van der Waals surface area contributed by atoms with Crippen molar-refractivity contribution in [1.82, 2.24) is 0 Å². The van der Waals surface area contributed by atoms with Crippen LogP contribution in [0.5, 0.6) is 0 Å². The van der Waals surface area contributed by atoms with E-state index >= 15 is 0 Å². The summed E-state index contributed by atoms with van der Waals surface area (Å²) in [6.45, 7) is 19.0. The van der Waals surface area contributed by atoms with Crippen LogP contribution < -0.4 is 0 Å². The van der Waals surface area contributed by atoms with Gasteiger partial charge in [0.05, 0.1) is 0 Å². The molecule has 38 heavy (non-hydrogen) atoms. The zero-order valence-corrected chi connectivity index (χ0v) is 26.5. The second kappa shape index (κ2) is 15.1. The van der Waals surface area contributed by atoms with Crippen molar-refractivity contribution < 1.29 is 0 Å². The lowest BCUT2D eigenvalue weighted by molar-refractivity contribution is 0.724. The molecule has 0 bridgehead atoms. The van der Waals surface area contributed by atoms with E-state index in [0.717, 1.165) is 25.7 Å². The van der Waals surface area contributed by atoms with E-state index in [-0.39, 0.29) is 0 Å². The first-order valence-corrected chi connectivity index (χ1v) is 16.6. The van der Waals surface area contributed by atoms with Crippen molar-refractivity contribution in [2.24, 2.45) is 0 Å². The van der Waals surface area contributed by atoms with Gasteiger partial charge in [0.2, 0.25) is 0 Å². The SMILES string of the molecule is CCCCc1c(CCCC)c(CCCC)c2cc3c(CC)c(CC)c(CC)c(CC)c3cc2c1CCCC. The maximum atomic E-state index is 2.70. The summed E-state index contributed by atoms with van der Waals surface area (Å²) in [7, 11) is 0. The fourth-order valence-corrected chi connectivity index (χ4v) is 7.23. The molecule has 0 radical (unpaired) electrons. The fraction of sp³-hybridized carbons (Fsp3) is 0.632. The first-order valence-electron chi connectivity index (χ1n) is 16.6. The van der Waals surface area contributed by atoms with Gasteiger partial charge in [-0.15, -0.1) is 0 Å². The molecule has 0 aliphatic heterocycles. The average molecular weight is 515 g/mol. The minimum Gasteiger partial charge on any atom is -0.0654 e. The van der Waals surface area contributed by atoms with E-state index in [1.54, 1.807) is 66.1 Å². The molecule has 210 valence electrons. The van der Waals surface area contributed by atoms with Crippen LogP contribution in [-0.4, -0.2) is 0 Å². The molecule has 0 atom stereocenters. The topological polar surface area (TPSA) is 0 Å². The highest BCUT2D eigenvalue weighted by Gasteiger charge is 2.22. The van der Waals surface area contributed by atoms with Crippen molar-refractivity contribution in [3.05, 3.63) is 56.6 Å². The average Bonchev–Trinajstić information content (AvgIpc) is 2.94. The Morgan fingerprint density at radius 1 is 0.316 bits per heavy atom. The van der Waals surface area contributed by atoms with Gasteiger partial charge in [0.15, 0.2) is 0 Å². The minimum absolute atomic E-state index is 1.13. The summed E-state index contributed by atoms with van der Waals surface area (Å²) in [4.78, 5) is 0. The predicted molar refractivity (Wildman–Crippen MR) is 173 cm³/mol. The lowest BCUT2D eigenvalue weighted by Crippen LogP contribution is -2.10. The Balaban J connectivity index is 2.58. The third kappa shape index (κ3) is 6.16. The largest absolute Gasteiger partial charge is 0.0654 e. The van der Waals surface area contributed by atoms with Crippen LogP contribution in [0.2, 0.25) is 0 Å². The van der Waals surface area contributed by atoms with E-state index in [1.807, 2.05) is 0 Å². The number of rotatable bonds is 16. The third-order valence-corrected chi connectivity index (χ3v) is 9.18. The lowest BCUT2D eigenvalue weighted by Gasteiger charge is -2.26. The van der Waals surface area contributed by atoms with Gasteiger partial charge in [-0.05, 0) is 155 Å². The summed E-state index contributed by atoms with van der Waals surface area (Å²) in [5, 5.41) is 6.33. The van der Waals surface area contributed by atoms with Crippen LogP contribution in [0.15, 0.2) is 12.1 Å². The Kier molecular flexibility index (Phi) is 12.2. The summed E-state index contributed by atoms with van der Waals surface area (Å²) in [6.07, 6.45) is 19.9. The quantitative estimate of drug-likeness (QED) is 0.167. The molecule has 0 saturated carbocycles. The number of aryl methyl sites for hydroxylation is 4. The standard InChI is InChI=1S/C38H58/c1-9-17-21-31-32(22-18-10-2)34(24-20-12-4)38-26-36-30(16-8)28(14-6)27(13-5)29(15-7)35(36)25-37(38)33(31)23-19-11-3/h25-26H,9-24H2,1-8H3. The fourth-order valence-electron chi connectivity index (χ4n) is 7.23. The van der Waals surface area contributed by atoms with Gasteiger partial charge in [-0.2, -0.15) is 0 Å². The minimum atomic E-state index is 1.13. The van der Waals surface area contributed by atoms with Crippen LogP contribution in [0, 0.1) is 0 Å². The smallest absolute Gasteiger partial charge is 0.0140 e. The highest BCUT2D eigenvalue weighted by atomic mass is 14.3. The van der Waals surface area contributed by atoms with E-state index in [9.17, 15) is 0 Å². The molecular weight excluding hydrogens is 456 g/mol. The second-order valence-electron chi connectivity index (χ2n) is 11.6. The highest BCUT2D eigenvalue weighted by Crippen LogP contribution is 2.41. The number of hydrogen-bond acceptors (Lipinski definition) is 0. The van der Waals surface area contributed by atoms with E-state index in [4.69, 9.17) is 0 Å². The molecule has 0 amide bonds. The molecule has 0 heterocycles. The third-order valence-electron chi connectivity index (χ3n) is 9.18. The monoisotopic (exact) mass is 514 g/mol. The number of fused-ring (bicyclic) bond motifs is 2. The molecule has 0 aromatic heterocycles. The maximum absolute atomic E-state index is 2.70. The van der Waals surface area contributed by atoms with Crippen LogP contribution in [0.25, 0.3) is 21.5 Å². The molecule has 0 nitrogen and oxygen atoms in total. The van der Waals surface area contributed by atoms with Crippen molar-refractivity contribution in [1.29, 1.82) is 0 Å². The Hall–Kier alpha value is -1.82. The molecule has 0 unspecified atom stereocenters. The molecule has 0 fully saturated rings. The van der Waals surface area contributed by atoms with Gasteiger partial charge in [0.25, 0.3) is 0 Å². The van der Waals surface area contributed by atoms with Gasteiger partial charge in [-0.1, -0.05) is 81.1 Å². The van der Waals surface area contributed by atoms with Gasteiger partial charge in [-0.3, -0.25) is 0 Å². The molecule has 0 heteroatoms. The summed E-state index contributed by atoms with van der Waals surface area (Å²) in [5.41, 5.74) is 13.5. The van der Waals surface area contributed by atoms with Gasteiger partial charge < -0.3 is 0 Å².